The van der Waals surface area contributed by atoms with E-state index in [2.05, 4.69) is 0 Å². The quantitative estimate of drug-likeness (QED) is 0.888. The lowest BCUT2D eigenvalue weighted by atomic mass is 10.3. The summed E-state index contributed by atoms with van der Waals surface area (Å²) < 4.78 is 26.2. The molecule has 0 atom stereocenters. The van der Waals surface area contributed by atoms with Crippen LogP contribution in [0.1, 0.15) is 9.75 Å². The zero-order valence-corrected chi connectivity index (χ0v) is 13.0. The highest BCUT2D eigenvalue weighted by atomic mass is 32.2. The van der Waals surface area contributed by atoms with Crippen LogP contribution in [-0.4, -0.2) is 26.3 Å². The van der Waals surface area contributed by atoms with Gasteiger partial charge in [0.25, 0.3) is 0 Å². The molecule has 2 aromatic rings. The lowest BCUT2D eigenvalue weighted by molar-refractivity contribution is 0.473. The van der Waals surface area contributed by atoms with Crippen LogP contribution in [0.25, 0.3) is 0 Å². The number of sulfonamides is 1. The van der Waals surface area contributed by atoms with Gasteiger partial charge in [-0.1, -0.05) is 6.07 Å². The predicted octanol–water partition coefficient (Wildman–Crippen LogP) is 2.13. The molecule has 7 heteroatoms. The van der Waals surface area contributed by atoms with Crippen molar-refractivity contribution in [1.82, 2.24) is 4.31 Å². The molecule has 0 saturated carbocycles. The average molecular weight is 316 g/mol. The molecule has 0 bridgehead atoms. The number of hydrogen-bond acceptors (Lipinski definition) is 5. The van der Waals surface area contributed by atoms with Gasteiger partial charge in [-0.2, -0.15) is 0 Å². The Bertz CT molecular complexity index is 617. The number of thiophene rings is 2. The molecule has 0 saturated heterocycles. The highest BCUT2D eigenvalue weighted by molar-refractivity contribution is 7.89. The van der Waals surface area contributed by atoms with Gasteiger partial charge >= 0.3 is 0 Å². The molecular formula is C12H16N2O2S3. The van der Waals surface area contributed by atoms with E-state index in [9.17, 15) is 8.42 Å². The number of hydrogen-bond donors (Lipinski definition) is 1. The summed E-state index contributed by atoms with van der Waals surface area (Å²) in [6.45, 7) is 0.730. The molecule has 0 aliphatic carbocycles. The average Bonchev–Trinajstić information content (AvgIpc) is 3.06. The van der Waals surface area contributed by atoms with Crippen molar-refractivity contribution in [2.75, 3.05) is 13.6 Å². The Morgan fingerprint density at radius 2 is 2.05 bits per heavy atom. The van der Waals surface area contributed by atoms with E-state index < -0.39 is 10.0 Å². The van der Waals surface area contributed by atoms with Crippen molar-refractivity contribution in [3.8, 4) is 0 Å². The van der Waals surface area contributed by atoms with E-state index in [0.29, 0.717) is 16.3 Å². The first-order valence-electron chi connectivity index (χ1n) is 5.81. The van der Waals surface area contributed by atoms with Crippen LogP contribution in [0.3, 0.4) is 0 Å². The lowest BCUT2D eigenvalue weighted by Crippen LogP contribution is -2.29. The van der Waals surface area contributed by atoms with Gasteiger partial charge in [-0.25, -0.2) is 12.7 Å². The van der Waals surface area contributed by atoms with Gasteiger partial charge in [0.1, 0.15) is 0 Å². The maximum Gasteiger partial charge on any atom is 0.243 e. The standard InChI is InChI=1S/C12H16N2O2S3/c1-14(6-4-10-3-2-7-17-10)19(15,16)12-5-8-18-11(12)9-13/h2-3,5,7-8H,4,6,9,13H2,1H3. The Labute approximate surface area is 121 Å². The van der Waals surface area contributed by atoms with E-state index in [1.807, 2.05) is 17.5 Å². The van der Waals surface area contributed by atoms with Gasteiger partial charge in [0.15, 0.2) is 0 Å². The third kappa shape index (κ3) is 3.24. The fourth-order valence-corrected chi connectivity index (χ4v) is 4.89. The normalized spacial score (nSPS) is 12.2. The molecule has 4 nitrogen and oxygen atoms in total. The first kappa shape index (κ1) is 14.7. The number of rotatable bonds is 6. The van der Waals surface area contributed by atoms with E-state index in [-0.39, 0.29) is 6.54 Å². The Balaban J connectivity index is 2.11. The Hall–Kier alpha value is -0.730. The van der Waals surface area contributed by atoms with Crippen molar-refractivity contribution in [1.29, 1.82) is 0 Å². The summed E-state index contributed by atoms with van der Waals surface area (Å²) in [5.74, 6) is 0. The first-order chi connectivity index (χ1) is 9.05. The van der Waals surface area contributed by atoms with E-state index in [1.54, 1.807) is 29.8 Å². The van der Waals surface area contributed by atoms with Crippen molar-refractivity contribution in [2.24, 2.45) is 5.73 Å². The topological polar surface area (TPSA) is 63.4 Å². The van der Waals surface area contributed by atoms with E-state index >= 15 is 0 Å². The zero-order chi connectivity index (χ0) is 13.9. The molecule has 0 unspecified atom stereocenters. The molecule has 0 radical (unpaired) electrons. The summed E-state index contributed by atoms with van der Waals surface area (Å²) in [5.41, 5.74) is 5.57. The maximum atomic E-state index is 12.4. The van der Waals surface area contributed by atoms with Crippen molar-refractivity contribution >= 4 is 32.7 Å². The summed E-state index contributed by atoms with van der Waals surface area (Å²) in [6.07, 6.45) is 0.732. The van der Waals surface area contributed by atoms with Crippen LogP contribution in [0.4, 0.5) is 0 Å². The fraction of sp³-hybridized carbons (Fsp3) is 0.333. The third-order valence-corrected chi connectivity index (χ3v) is 6.78. The summed E-state index contributed by atoms with van der Waals surface area (Å²) >= 11 is 3.02. The first-order valence-corrected chi connectivity index (χ1v) is 9.01. The Kier molecular flexibility index (Phi) is 4.75. The predicted molar refractivity (Wildman–Crippen MR) is 80.0 cm³/mol. The highest BCUT2D eigenvalue weighted by Gasteiger charge is 2.24. The molecule has 0 amide bonds. The van der Waals surface area contributed by atoms with Crippen molar-refractivity contribution < 1.29 is 8.42 Å². The minimum absolute atomic E-state index is 0.255. The molecule has 19 heavy (non-hydrogen) atoms. The maximum absolute atomic E-state index is 12.4. The molecule has 0 aromatic carbocycles. The van der Waals surface area contributed by atoms with Crippen LogP contribution in [0, 0.1) is 0 Å². The smallest absolute Gasteiger partial charge is 0.243 e. The number of nitrogens with zero attached hydrogens (tertiary/aromatic N) is 1. The number of nitrogens with two attached hydrogens (primary N) is 1. The lowest BCUT2D eigenvalue weighted by Gasteiger charge is -2.16. The number of likely N-dealkylation sites (N-methyl/N-ethyl adjacent to an activating group) is 1. The van der Waals surface area contributed by atoms with Crippen LogP contribution < -0.4 is 5.73 Å². The fourth-order valence-electron chi connectivity index (χ4n) is 1.72. The molecule has 0 fully saturated rings. The molecular weight excluding hydrogens is 300 g/mol. The SMILES string of the molecule is CN(CCc1cccs1)S(=O)(=O)c1ccsc1CN. The highest BCUT2D eigenvalue weighted by Crippen LogP contribution is 2.24. The van der Waals surface area contributed by atoms with E-state index in [1.165, 1.54) is 20.5 Å². The molecule has 0 aliphatic rings. The van der Waals surface area contributed by atoms with Crippen LogP contribution in [0.2, 0.25) is 0 Å². The molecule has 2 N–H and O–H groups in total. The third-order valence-electron chi connectivity index (χ3n) is 2.83. The largest absolute Gasteiger partial charge is 0.326 e. The van der Waals surface area contributed by atoms with Crippen LogP contribution in [-0.2, 0) is 23.0 Å². The summed E-state index contributed by atoms with van der Waals surface area (Å²) in [7, 11) is -1.81. The van der Waals surface area contributed by atoms with Gasteiger partial charge in [0.05, 0.1) is 4.90 Å². The summed E-state index contributed by atoms with van der Waals surface area (Å²) in [5, 5.41) is 3.76. The second-order valence-corrected chi connectivity index (χ2v) is 8.11. The van der Waals surface area contributed by atoms with Gasteiger partial charge in [-0.05, 0) is 29.3 Å². The van der Waals surface area contributed by atoms with E-state index in [4.69, 9.17) is 5.73 Å². The Morgan fingerprint density at radius 1 is 1.26 bits per heavy atom. The van der Waals surface area contributed by atoms with Gasteiger partial charge in [-0.3, -0.25) is 0 Å². The van der Waals surface area contributed by atoms with Gasteiger partial charge < -0.3 is 5.73 Å². The Morgan fingerprint density at radius 3 is 2.68 bits per heavy atom. The van der Waals surface area contributed by atoms with Crippen LogP contribution in [0.5, 0.6) is 0 Å². The van der Waals surface area contributed by atoms with Crippen molar-refractivity contribution in [2.45, 2.75) is 17.9 Å². The molecule has 2 rings (SSSR count). The molecule has 104 valence electrons. The second kappa shape index (κ2) is 6.15. The molecule has 0 spiro atoms. The van der Waals surface area contributed by atoms with Gasteiger partial charge in [0, 0.05) is 29.9 Å². The van der Waals surface area contributed by atoms with Crippen LogP contribution >= 0.6 is 22.7 Å². The molecule has 2 aromatic heterocycles. The van der Waals surface area contributed by atoms with Crippen molar-refractivity contribution in [3.05, 3.63) is 38.7 Å². The molecule has 2 heterocycles. The second-order valence-electron chi connectivity index (χ2n) is 4.07. The van der Waals surface area contributed by atoms with Crippen LogP contribution in [0.15, 0.2) is 33.9 Å². The summed E-state index contributed by atoms with van der Waals surface area (Å²) in [4.78, 5) is 2.24. The monoisotopic (exact) mass is 316 g/mol. The minimum atomic E-state index is -3.42. The zero-order valence-electron chi connectivity index (χ0n) is 10.6. The van der Waals surface area contributed by atoms with Gasteiger partial charge in [0.2, 0.25) is 10.0 Å². The molecule has 0 aliphatic heterocycles. The summed E-state index contributed by atoms with van der Waals surface area (Å²) in [6, 6.07) is 5.62. The van der Waals surface area contributed by atoms with Gasteiger partial charge in [-0.15, -0.1) is 22.7 Å². The van der Waals surface area contributed by atoms with E-state index in [0.717, 1.165) is 6.42 Å². The minimum Gasteiger partial charge on any atom is -0.326 e. The van der Waals surface area contributed by atoms with Crippen molar-refractivity contribution in [3.63, 3.8) is 0 Å².